The molecule has 1 aromatic carbocycles. The van der Waals surface area contributed by atoms with Crippen molar-refractivity contribution in [2.24, 2.45) is 0 Å². The molecule has 1 unspecified atom stereocenters. The molecule has 0 radical (unpaired) electrons. The Labute approximate surface area is 125 Å². The van der Waals surface area contributed by atoms with E-state index in [2.05, 4.69) is 17.3 Å². The Balaban J connectivity index is 1.64. The summed E-state index contributed by atoms with van der Waals surface area (Å²) in [5.74, 6) is 0.167. The lowest BCUT2D eigenvalue weighted by molar-refractivity contribution is -0.123. The summed E-state index contributed by atoms with van der Waals surface area (Å²) in [7, 11) is 2.13. The van der Waals surface area contributed by atoms with E-state index in [-0.39, 0.29) is 11.3 Å². The third-order valence-electron chi connectivity index (χ3n) is 4.73. The number of hydrogen-bond acceptors (Lipinski definition) is 2. The third kappa shape index (κ3) is 2.57. The third-order valence-corrected chi connectivity index (χ3v) is 4.97. The van der Waals surface area contributed by atoms with Crippen molar-refractivity contribution in [2.45, 2.75) is 37.1 Å². The summed E-state index contributed by atoms with van der Waals surface area (Å²) in [6.45, 7) is 1.90. The van der Waals surface area contributed by atoms with Crippen LogP contribution in [-0.2, 0) is 10.2 Å². The van der Waals surface area contributed by atoms with Crippen LogP contribution in [0.1, 0.15) is 31.2 Å². The number of carbonyl (C=O) groups excluding carboxylic acids is 1. The highest BCUT2D eigenvalue weighted by Crippen LogP contribution is 2.48. The van der Waals surface area contributed by atoms with Gasteiger partial charge in [0.25, 0.3) is 0 Å². The average molecular weight is 293 g/mol. The number of likely N-dealkylation sites (N-methyl/N-ethyl adjacent to an activating group) is 1. The van der Waals surface area contributed by atoms with Crippen molar-refractivity contribution in [3.8, 4) is 0 Å². The van der Waals surface area contributed by atoms with Gasteiger partial charge in [-0.1, -0.05) is 23.7 Å². The lowest BCUT2D eigenvalue weighted by atomic mass is 9.95. The Morgan fingerprint density at radius 1 is 1.50 bits per heavy atom. The van der Waals surface area contributed by atoms with E-state index < -0.39 is 0 Å². The Morgan fingerprint density at radius 2 is 2.30 bits per heavy atom. The van der Waals surface area contributed by atoms with Crippen LogP contribution in [0.4, 0.5) is 0 Å². The molecule has 3 nitrogen and oxygen atoms in total. The zero-order valence-corrected chi connectivity index (χ0v) is 12.6. The van der Waals surface area contributed by atoms with Gasteiger partial charge in [-0.2, -0.15) is 0 Å². The maximum absolute atomic E-state index is 12.5. The van der Waals surface area contributed by atoms with E-state index in [1.54, 1.807) is 0 Å². The number of hydrogen-bond donors (Lipinski definition) is 1. The molecule has 1 aromatic rings. The largest absolute Gasteiger partial charge is 0.354 e. The smallest absolute Gasteiger partial charge is 0.230 e. The van der Waals surface area contributed by atoms with Crippen molar-refractivity contribution in [1.29, 1.82) is 0 Å². The van der Waals surface area contributed by atoms with Gasteiger partial charge in [-0.25, -0.2) is 0 Å². The molecule has 1 amide bonds. The van der Waals surface area contributed by atoms with Crippen molar-refractivity contribution in [2.75, 3.05) is 20.1 Å². The van der Waals surface area contributed by atoms with Gasteiger partial charge in [0.15, 0.2) is 0 Å². The van der Waals surface area contributed by atoms with Gasteiger partial charge in [-0.3, -0.25) is 4.79 Å². The number of rotatable bonds is 4. The molecule has 0 bridgehead atoms. The van der Waals surface area contributed by atoms with Gasteiger partial charge >= 0.3 is 0 Å². The summed E-state index contributed by atoms with van der Waals surface area (Å²) < 4.78 is 0. The first-order chi connectivity index (χ1) is 9.62. The Bertz CT molecular complexity index is 513. The standard InChI is InChI=1S/C16H21ClN2O/c1-19-9-3-6-14(19)11-18-15(20)16(7-8-16)12-4-2-5-13(17)10-12/h2,4-5,10,14H,3,6-9,11H2,1H3,(H,18,20). The molecule has 108 valence electrons. The first kappa shape index (κ1) is 13.9. The minimum absolute atomic E-state index is 0.167. The van der Waals surface area contributed by atoms with E-state index in [4.69, 9.17) is 11.6 Å². The molecule has 2 aliphatic rings. The number of halogens is 1. The summed E-state index contributed by atoms with van der Waals surface area (Å²) in [4.78, 5) is 14.9. The molecule has 20 heavy (non-hydrogen) atoms. The predicted octanol–water partition coefficient (Wildman–Crippen LogP) is 2.58. The van der Waals surface area contributed by atoms with E-state index in [0.29, 0.717) is 11.1 Å². The molecule has 1 N–H and O–H groups in total. The normalized spacial score (nSPS) is 24.6. The molecule has 1 saturated carbocycles. The molecular weight excluding hydrogens is 272 g/mol. The number of likely N-dealkylation sites (tertiary alicyclic amines) is 1. The summed E-state index contributed by atoms with van der Waals surface area (Å²) in [5.41, 5.74) is 0.740. The van der Waals surface area contributed by atoms with E-state index in [9.17, 15) is 4.79 Å². The van der Waals surface area contributed by atoms with Gasteiger partial charge in [0.05, 0.1) is 5.41 Å². The topological polar surface area (TPSA) is 32.3 Å². The minimum Gasteiger partial charge on any atom is -0.354 e. The number of nitrogens with one attached hydrogen (secondary N) is 1. The molecule has 1 aliphatic heterocycles. The molecule has 0 spiro atoms. The Morgan fingerprint density at radius 3 is 2.90 bits per heavy atom. The number of carbonyl (C=O) groups is 1. The molecule has 1 atom stereocenters. The number of benzene rings is 1. The lowest BCUT2D eigenvalue weighted by Gasteiger charge is -2.22. The molecule has 3 rings (SSSR count). The van der Waals surface area contributed by atoms with E-state index in [0.717, 1.165) is 31.5 Å². The zero-order chi connectivity index (χ0) is 14.2. The monoisotopic (exact) mass is 292 g/mol. The fourth-order valence-corrected chi connectivity index (χ4v) is 3.37. The maximum atomic E-state index is 12.5. The highest BCUT2D eigenvalue weighted by molar-refractivity contribution is 6.30. The van der Waals surface area contributed by atoms with Gasteiger partial charge in [-0.15, -0.1) is 0 Å². The van der Waals surface area contributed by atoms with Crippen molar-refractivity contribution >= 4 is 17.5 Å². The van der Waals surface area contributed by atoms with Crippen molar-refractivity contribution in [3.63, 3.8) is 0 Å². The summed E-state index contributed by atoms with van der Waals surface area (Å²) in [6.07, 6.45) is 4.27. The van der Waals surface area contributed by atoms with Crippen LogP contribution in [0.3, 0.4) is 0 Å². The van der Waals surface area contributed by atoms with Crippen LogP contribution in [0.25, 0.3) is 0 Å². The van der Waals surface area contributed by atoms with Gasteiger partial charge in [-0.05, 0) is 57.0 Å². The number of nitrogens with zero attached hydrogens (tertiary/aromatic N) is 1. The first-order valence-corrected chi connectivity index (χ1v) is 7.74. The van der Waals surface area contributed by atoms with Crippen molar-refractivity contribution in [3.05, 3.63) is 34.9 Å². The van der Waals surface area contributed by atoms with Crippen LogP contribution in [0, 0.1) is 0 Å². The molecule has 4 heteroatoms. The lowest BCUT2D eigenvalue weighted by Crippen LogP contribution is -2.42. The van der Waals surface area contributed by atoms with Crippen molar-refractivity contribution < 1.29 is 4.79 Å². The van der Waals surface area contributed by atoms with Crippen LogP contribution in [0.15, 0.2) is 24.3 Å². The molecule has 1 heterocycles. The van der Waals surface area contributed by atoms with E-state index in [1.165, 1.54) is 12.8 Å². The Hall–Kier alpha value is -1.06. The predicted molar refractivity (Wildman–Crippen MR) is 81.0 cm³/mol. The summed E-state index contributed by atoms with van der Waals surface area (Å²) in [6, 6.07) is 8.22. The zero-order valence-electron chi connectivity index (χ0n) is 11.9. The average Bonchev–Trinajstić information content (AvgIpc) is 3.15. The van der Waals surface area contributed by atoms with Gasteiger partial charge in [0, 0.05) is 17.6 Å². The molecule has 2 fully saturated rings. The van der Waals surface area contributed by atoms with Crippen LogP contribution < -0.4 is 5.32 Å². The molecule has 1 saturated heterocycles. The Kier molecular flexibility index (Phi) is 3.74. The van der Waals surface area contributed by atoms with Crippen molar-refractivity contribution in [1.82, 2.24) is 10.2 Å². The van der Waals surface area contributed by atoms with Gasteiger partial charge in [0.1, 0.15) is 0 Å². The van der Waals surface area contributed by atoms with Gasteiger partial charge in [0.2, 0.25) is 5.91 Å². The van der Waals surface area contributed by atoms with Gasteiger partial charge < -0.3 is 10.2 Å². The molecule has 1 aliphatic carbocycles. The quantitative estimate of drug-likeness (QED) is 0.925. The fourth-order valence-electron chi connectivity index (χ4n) is 3.17. The SMILES string of the molecule is CN1CCCC1CNC(=O)C1(c2cccc(Cl)c2)CC1. The van der Waals surface area contributed by atoms with Crippen LogP contribution in [0.2, 0.25) is 5.02 Å². The van der Waals surface area contributed by atoms with Crippen LogP contribution in [-0.4, -0.2) is 37.0 Å². The summed E-state index contributed by atoms with van der Waals surface area (Å²) >= 11 is 6.04. The second kappa shape index (κ2) is 5.38. The highest BCUT2D eigenvalue weighted by atomic mass is 35.5. The second-order valence-corrected chi connectivity index (χ2v) is 6.52. The summed E-state index contributed by atoms with van der Waals surface area (Å²) in [5, 5.41) is 3.86. The van der Waals surface area contributed by atoms with Crippen LogP contribution in [0.5, 0.6) is 0 Å². The van der Waals surface area contributed by atoms with Crippen LogP contribution >= 0.6 is 11.6 Å². The first-order valence-electron chi connectivity index (χ1n) is 7.36. The van der Waals surface area contributed by atoms with E-state index >= 15 is 0 Å². The highest BCUT2D eigenvalue weighted by Gasteiger charge is 2.51. The molecule has 0 aromatic heterocycles. The number of amides is 1. The maximum Gasteiger partial charge on any atom is 0.230 e. The minimum atomic E-state index is -0.317. The van der Waals surface area contributed by atoms with E-state index in [1.807, 2.05) is 24.3 Å². The fraction of sp³-hybridized carbons (Fsp3) is 0.562. The molecular formula is C16H21ClN2O. The second-order valence-electron chi connectivity index (χ2n) is 6.08.